The third-order valence-corrected chi connectivity index (χ3v) is 3.05. The van der Waals surface area contributed by atoms with Crippen molar-refractivity contribution in [2.24, 2.45) is 5.92 Å². The topological polar surface area (TPSA) is 57.6 Å². The second-order valence-corrected chi connectivity index (χ2v) is 3.61. The maximum Gasteiger partial charge on any atom is 0.315 e. The van der Waals surface area contributed by atoms with Crippen molar-refractivity contribution in [3.05, 3.63) is 0 Å². The van der Waals surface area contributed by atoms with Crippen LogP contribution in [0.4, 0.5) is 0 Å². The highest BCUT2D eigenvalue weighted by Gasteiger charge is 2.52. The normalized spacial score (nSPS) is 40.8. The van der Waals surface area contributed by atoms with Crippen molar-refractivity contribution in [1.29, 1.82) is 0 Å². The lowest BCUT2D eigenvalue weighted by Crippen LogP contribution is -2.65. The molecule has 0 aromatic carbocycles. The average molecular weight is 169 g/mol. The Bertz CT molecular complexity index is 251. The van der Waals surface area contributed by atoms with Crippen LogP contribution in [-0.4, -0.2) is 40.9 Å². The molecular formula is C8H11NO3. The minimum atomic E-state index is -0.963. The van der Waals surface area contributed by atoms with Crippen LogP contribution in [0.2, 0.25) is 0 Å². The Morgan fingerprint density at radius 2 is 2.33 bits per heavy atom. The molecule has 12 heavy (non-hydrogen) atoms. The van der Waals surface area contributed by atoms with Gasteiger partial charge in [-0.1, -0.05) is 0 Å². The van der Waals surface area contributed by atoms with Crippen LogP contribution in [-0.2, 0) is 9.59 Å². The minimum absolute atomic E-state index is 0.0336. The highest BCUT2D eigenvalue weighted by atomic mass is 16.4. The number of carbonyl (C=O) groups is 2. The Balaban J connectivity index is 2.20. The van der Waals surface area contributed by atoms with Gasteiger partial charge in [-0.15, -0.1) is 0 Å². The molecule has 4 nitrogen and oxygen atoms in total. The van der Waals surface area contributed by atoms with Crippen LogP contribution in [0.5, 0.6) is 0 Å². The first-order chi connectivity index (χ1) is 5.61. The molecule has 0 spiro atoms. The molecule has 0 radical (unpaired) electrons. The van der Waals surface area contributed by atoms with Crippen LogP contribution in [0.3, 0.4) is 0 Å². The Kier molecular flexibility index (Phi) is 1.48. The molecule has 3 aliphatic rings. The van der Waals surface area contributed by atoms with Gasteiger partial charge in [0.05, 0.1) is 0 Å². The predicted octanol–water partition coefficient (Wildman–Crippen LogP) is -0.267. The summed E-state index contributed by atoms with van der Waals surface area (Å²) in [7, 11) is 1.89. The molecule has 3 rings (SSSR count). The van der Waals surface area contributed by atoms with Crippen LogP contribution < -0.4 is 0 Å². The van der Waals surface area contributed by atoms with Gasteiger partial charge in [0.2, 0.25) is 0 Å². The van der Waals surface area contributed by atoms with Gasteiger partial charge >= 0.3 is 5.97 Å². The fraction of sp³-hybridized carbons (Fsp3) is 0.750. The number of nitrogens with zero attached hydrogens (tertiary/aromatic N) is 1. The van der Waals surface area contributed by atoms with Crippen molar-refractivity contribution < 1.29 is 14.7 Å². The zero-order valence-electron chi connectivity index (χ0n) is 6.86. The van der Waals surface area contributed by atoms with Gasteiger partial charge in [0, 0.05) is 18.5 Å². The van der Waals surface area contributed by atoms with Crippen LogP contribution in [0.25, 0.3) is 0 Å². The van der Waals surface area contributed by atoms with E-state index >= 15 is 0 Å². The van der Waals surface area contributed by atoms with E-state index in [0.29, 0.717) is 12.5 Å². The van der Waals surface area contributed by atoms with Crippen molar-refractivity contribution in [3.8, 4) is 0 Å². The van der Waals surface area contributed by atoms with Crippen molar-refractivity contribution in [1.82, 2.24) is 4.90 Å². The van der Waals surface area contributed by atoms with Crippen LogP contribution in [0, 0.1) is 5.92 Å². The van der Waals surface area contributed by atoms with E-state index in [1.807, 2.05) is 11.9 Å². The summed E-state index contributed by atoms with van der Waals surface area (Å²) in [6.07, 6.45) is 1.29. The number of rotatable bonds is 1. The molecule has 1 saturated carbocycles. The van der Waals surface area contributed by atoms with Crippen molar-refractivity contribution in [2.75, 3.05) is 7.05 Å². The number of hydrogen-bond donors (Lipinski definition) is 1. The van der Waals surface area contributed by atoms with E-state index in [-0.39, 0.29) is 11.8 Å². The summed E-state index contributed by atoms with van der Waals surface area (Å²) >= 11 is 0. The smallest absolute Gasteiger partial charge is 0.315 e. The maximum atomic E-state index is 11.2. The summed E-state index contributed by atoms with van der Waals surface area (Å²) in [5.41, 5.74) is 0. The highest BCUT2D eigenvalue weighted by molar-refractivity contribution is 6.00. The summed E-state index contributed by atoms with van der Waals surface area (Å²) in [5.74, 6) is -1.82. The number of hydrogen-bond acceptors (Lipinski definition) is 3. The van der Waals surface area contributed by atoms with E-state index in [1.54, 1.807) is 0 Å². The number of piperidine rings is 1. The third kappa shape index (κ3) is 0.813. The lowest BCUT2D eigenvalue weighted by atomic mass is 9.72. The van der Waals surface area contributed by atoms with Gasteiger partial charge in [0.15, 0.2) is 0 Å². The Morgan fingerprint density at radius 3 is 2.75 bits per heavy atom. The van der Waals surface area contributed by atoms with Gasteiger partial charge in [-0.25, -0.2) is 0 Å². The molecule has 0 amide bonds. The van der Waals surface area contributed by atoms with Crippen LogP contribution in [0.15, 0.2) is 0 Å². The molecule has 3 unspecified atom stereocenters. The molecule has 66 valence electrons. The zero-order valence-corrected chi connectivity index (χ0v) is 6.86. The number of carboxylic acids is 1. The Morgan fingerprint density at radius 1 is 1.67 bits per heavy atom. The number of carbonyl (C=O) groups excluding carboxylic acids is 1. The molecule has 3 fully saturated rings. The molecule has 2 bridgehead atoms. The Labute approximate surface area is 70.2 Å². The molecule has 1 aliphatic carbocycles. The van der Waals surface area contributed by atoms with E-state index in [1.165, 1.54) is 0 Å². The summed E-state index contributed by atoms with van der Waals surface area (Å²) in [6, 6.07) is 0.284. The fourth-order valence-corrected chi connectivity index (χ4v) is 2.22. The van der Waals surface area contributed by atoms with Gasteiger partial charge in [-0.2, -0.15) is 0 Å². The van der Waals surface area contributed by atoms with Crippen molar-refractivity contribution in [2.45, 2.75) is 24.9 Å². The minimum Gasteiger partial charge on any atom is -0.481 e. The van der Waals surface area contributed by atoms with Gasteiger partial charge in [0.1, 0.15) is 11.7 Å². The summed E-state index contributed by atoms with van der Waals surface area (Å²) in [6.45, 7) is 0. The van der Waals surface area contributed by atoms with E-state index in [0.717, 1.165) is 6.42 Å². The molecule has 4 heteroatoms. The standard InChI is InChI=1S/C8H11NO3/c1-9-4-2-5(9)7(8(11)12)6(10)3-4/h4-5,7H,2-3H2,1H3,(H,11,12). The number of carboxylic acid groups (broad SMARTS) is 1. The molecule has 3 atom stereocenters. The van der Waals surface area contributed by atoms with E-state index in [9.17, 15) is 9.59 Å². The van der Waals surface area contributed by atoms with Gasteiger partial charge in [-0.05, 0) is 13.5 Å². The zero-order chi connectivity index (χ0) is 8.88. The molecule has 2 saturated heterocycles. The first-order valence-corrected chi connectivity index (χ1v) is 4.08. The summed E-state index contributed by atoms with van der Waals surface area (Å²) < 4.78 is 0. The maximum absolute atomic E-state index is 11.2. The lowest BCUT2D eigenvalue weighted by Gasteiger charge is -2.52. The largest absolute Gasteiger partial charge is 0.481 e. The monoisotopic (exact) mass is 169 g/mol. The summed E-state index contributed by atoms with van der Waals surface area (Å²) in [5, 5.41) is 8.77. The third-order valence-electron chi connectivity index (χ3n) is 3.05. The van der Waals surface area contributed by atoms with Crippen molar-refractivity contribution >= 4 is 11.8 Å². The van der Waals surface area contributed by atoms with E-state index in [2.05, 4.69) is 0 Å². The summed E-state index contributed by atoms with van der Waals surface area (Å²) in [4.78, 5) is 23.9. The average Bonchev–Trinajstić information content (AvgIpc) is 2.02. The van der Waals surface area contributed by atoms with Gasteiger partial charge in [-0.3, -0.25) is 14.5 Å². The second kappa shape index (κ2) is 2.29. The molecular weight excluding hydrogens is 158 g/mol. The van der Waals surface area contributed by atoms with Gasteiger partial charge < -0.3 is 5.11 Å². The lowest BCUT2D eigenvalue weighted by molar-refractivity contribution is -0.161. The fourth-order valence-electron chi connectivity index (χ4n) is 2.22. The number of fused-ring (bicyclic) bond motifs is 2. The second-order valence-electron chi connectivity index (χ2n) is 3.61. The molecule has 2 aliphatic heterocycles. The quantitative estimate of drug-likeness (QED) is 0.549. The molecule has 2 heterocycles. The number of aliphatic carboxylic acids is 1. The molecule has 0 aromatic heterocycles. The number of Topliss-reactive ketones (excluding diaryl/α,β-unsaturated/α-hetero) is 1. The predicted molar refractivity (Wildman–Crippen MR) is 40.7 cm³/mol. The molecule has 0 aromatic rings. The van der Waals surface area contributed by atoms with E-state index in [4.69, 9.17) is 5.11 Å². The van der Waals surface area contributed by atoms with Crippen LogP contribution >= 0.6 is 0 Å². The number of ketones is 1. The van der Waals surface area contributed by atoms with E-state index < -0.39 is 11.9 Å². The van der Waals surface area contributed by atoms with Gasteiger partial charge in [0.25, 0.3) is 0 Å². The first kappa shape index (κ1) is 7.73. The highest BCUT2D eigenvalue weighted by Crippen LogP contribution is 2.38. The Hall–Kier alpha value is -0.900. The molecule has 1 N–H and O–H groups in total. The van der Waals surface area contributed by atoms with Crippen LogP contribution in [0.1, 0.15) is 12.8 Å². The first-order valence-electron chi connectivity index (χ1n) is 4.08. The SMILES string of the molecule is CN1C2CC(=O)C(C(=O)O)C1C2. The van der Waals surface area contributed by atoms with Crippen molar-refractivity contribution in [3.63, 3.8) is 0 Å².